The number of rotatable bonds is 3. The van der Waals surface area contributed by atoms with Crippen molar-refractivity contribution in [3.05, 3.63) is 41.4 Å². The van der Waals surface area contributed by atoms with Crippen molar-refractivity contribution < 1.29 is 9.53 Å². The van der Waals surface area contributed by atoms with Crippen LogP contribution in [-0.4, -0.2) is 34.7 Å². The van der Waals surface area contributed by atoms with Crippen molar-refractivity contribution in [1.29, 1.82) is 0 Å². The Bertz CT molecular complexity index is 702. The fourth-order valence-electron chi connectivity index (χ4n) is 3.00. The van der Waals surface area contributed by atoms with Crippen molar-refractivity contribution in [2.75, 3.05) is 18.4 Å². The van der Waals surface area contributed by atoms with Gasteiger partial charge in [0.25, 0.3) is 0 Å². The van der Waals surface area contributed by atoms with E-state index in [1.807, 2.05) is 31.1 Å². The molecule has 0 spiro atoms. The largest absolute Gasteiger partial charge is 0.444 e. The second kappa shape index (κ2) is 7.44. The molecular formula is C19H25N3O2S. The summed E-state index contributed by atoms with van der Waals surface area (Å²) < 4.78 is 5.47. The first-order chi connectivity index (χ1) is 11.9. The Labute approximate surface area is 153 Å². The maximum Gasteiger partial charge on any atom is 0.410 e. The van der Waals surface area contributed by atoms with E-state index in [0.717, 1.165) is 36.8 Å². The summed E-state index contributed by atoms with van der Waals surface area (Å²) in [4.78, 5) is 18.3. The van der Waals surface area contributed by atoms with Crippen LogP contribution in [-0.2, 0) is 4.74 Å². The van der Waals surface area contributed by atoms with Gasteiger partial charge in [-0.3, -0.25) is 0 Å². The van der Waals surface area contributed by atoms with Gasteiger partial charge in [0.05, 0.1) is 0 Å². The number of hydrogen-bond acceptors (Lipinski definition) is 5. The number of nitrogens with zero attached hydrogens (tertiary/aromatic N) is 2. The number of hydrogen-bond donors (Lipinski definition) is 1. The maximum absolute atomic E-state index is 12.2. The molecule has 6 heteroatoms. The van der Waals surface area contributed by atoms with Crippen molar-refractivity contribution in [3.63, 3.8) is 0 Å². The van der Waals surface area contributed by atoms with Gasteiger partial charge in [0, 0.05) is 30.4 Å². The Morgan fingerprint density at radius 1 is 1.32 bits per heavy atom. The van der Waals surface area contributed by atoms with Crippen molar-refractivity contribution in [1.82, 2.24) is 9.88 Å². The summed E-state index contributed by atoms with van der Waals surface area (Å²) in [5, 5.41) is 6.20. The monoisotopic (exact) mass is 359 g/mol. The van der Waals surface area contributed by atoms with Gasteiger partial charge in [-0.25, -0.2) is 9.78 Å². The van der Waals surface area contributed by atoms with Gasteiger partial charge >= 0.3 is 6.09 Å². The summed E-state index contributed by atoms with van der Waals surface area (Å²) in [6.45, 7) is 7.18. The molecule has 2 heterocycles. The molecule has 25 heavy (non-hydrogen) atoms. The molecule has 1 amide bonds. The van der Waals surface area contributed by atoms with Crippen molar-refractivity contribution >= 4 is 28.2 Å². The number of nitrogens with one attached hydrogen (secondary N) is 1. The molecule has 1 aliphatic heterocycles. The minimum Gasteiger partial charge on any atom is -0.444 e. The Hall–Kier alpha value is -2.08. The summed E-state index contributed by atoms with van der Waals surface area (Å²) >= 11 is 1.59. The minimum absolute atomic E-state index is 0.204. The van der Waals surface area contributed by atoms with Crippen LogP contribution in [0.5, 0.6) is 0 Å². The molecule has 5 nitrogen and oxygen atoms in total. The van der Waals surface area contributed by atoms with Crippen molar-refractivity contribution in [2.24, 2.45) is 0 Å². The SMILES string of the molecule is CC(C)(C)OC(=O)N1CCC(c2cccc(Nc3nccs3)c2)CC1. The molecule has 0 unspecified atom stereocenters. The Morgan fingerprint density at radius 2 is 2.08 bits per heavy atom. The second-order valence-electron chi connectivity index (χ2n) is 7.33. The van der Waals surface area contributed by atoms with Crippen molar-refractivity contribution in [3.8, 4) is 0 Å². The Kier molecular flexibility index (Phi) is 5.27. The molecule has 1 N–H and O–H groups in total. The molecular weight excluding hydrogens is 334 g/mol. The molecule has 1 saturated heterocycles. The number of carbonyl (C=O) groups excluding carboxylic acids is 1. The van der Waals surface area contributed by atoms with Crippen LogP contribution in [0.1, 0.15) is 45.1 Å². The van der Waals surface area contributed by atoms with Crippen LogP contribution < -0.4 is 5.32 Å². The predicted molar refractivity (Wildman–Crippen MR) is 102 cm³/mol. The summed E-state index contributed by atoms with van der Waals surface area (Å²) in [6.07, 6.45) is 3.51. The van der Waals surface area contributed by atoms with E-state index in [4.69, 9.17) is 4.74 Å². The topological polar surface area (TPSA) is 54.5 Å². The van der Waals surface area contributed by atoms with E-state index in [1.54, 1.807) is 17.5 Å². The quantitative estimate of drug-likeness (QED) is 0.838. The zero-order valence-corrected chi connectivity index (χ0v) is 15.8. The van der Waals surface area contributed by atoms with Gasteiger partial charge in [-0.2, -0.15) is 0 Å². The average Bonchev–Trinajstić information content (AvgIpc) is 3.07. The van der Waals surface area contributed by atoms with Crippen LogP contribution in [0.3, 0.4) is 0 Å². The highest BCUT2D eigenvalue weighted by Gasteiger charge is 2.27. The van der Waals surface area contributed by atoms with E-state index < -0.39 is 5.60 Å². The van der Waals surface area contributed by atoms with Crippen LogP contribution in [0, 0.1) is 0 Å². The normalized spacial score (nSPS) is 15.9. The van der Waals surface area contributed by atoms with Crippen LogP contribution in [0.2, 0.25) is 0 Å². The van der Waals surface area contributed by atoms with E-state index in [2.05, 4.69) is 34.6 Å². The highest BCUT2D eigenvalue weighted by Crippen LogP contribution is 2.31. The molecule has 2 aromatic rings. The van der Waals surface area contributed by atoms with Crippen LogP contribution >= 0.6 is 11.3 Å². The van der Waals surface area contributed by atoms with Gasteiger partial charge in [-0.1, -0.05) is 12.1 Å². The van der Waals surface area contributed by atoms with Crippen LogP contribution in [0.15, 0.2) is 35.8 Å². The molecule has 1 aromatic heterocycles. The third-order valence-corrected chi connectivity index (χ3v) is 4.88. The van der Waals surface area contributed by atoms with Gasteiger partial charge in [-0.15, -0.1) is 11.3 Å². The average molecular weight is 359 g/mol. The smallest absolute Gasteiger partial charge is 0.410 e. The van der Waals surface area contributed by atoms with E-state index >= 15 is 0 Å². The lowest BCUT2D eigenvalue weighted by molar-refractivity contribution is 0.0205. The van der Waals surface area contributed by atoms with Crippen LogP contribution in [0.25, 0.3) is 0 Å². The number of benzene rings is 1. The lowest BCUT2D eigenvalue weighted by atomic mass is 9.89. The molecule has 0 atom stereocenters. The number of thiazole rings is 1. The van der Waals surface area contributed by atoms with E-state index in [1.165, 1.54) is 5.56 Å². The number of likely N-dealkylation sites (tertiary alicyclic amines) is 1. The van der Waals surface area contributed by atoms with Gasteiger partial charge in [0.2, 0.25) is 0 Å². The Balaban J connectivity index is 1.58. The number of amides is 1. The summed E-state index contributed by atoms with van der Waals surface area (Å²) in [7, 11) is 0. The lowest BCUT2D eigenvalue weighted by Crippen LogP contribution is -2.41. The predicted octanol–water partition coefficient (Wildman–Crippen LogP) is 5.00. The molecule has 0 saturated carbocycles. The van der Waals surface area contributed by atoms with E-state index in [0.29, 0.717) is 5.92 Å². The molecule has 1 aromatic carbocycles. The molecule has 0 aliphatic carbocycles. The van der Waals surface area contributed by atoms with Gasteiger partial charge in [-0.05, 0) is 57.2 Å². The number of ether oxygens (including phenoxy) is 1. The lowest BCUT2D eigenvalue weighted by Gasteiger charge is -2.33. The zero-order chi connectivity index (χ0) is 17.9. The molecule has 3 rings (SSSR count). The molecule has 1 fully saturated rings. The number of aromatic nitrogens is 1. The van der Waals surface area contributed by atoms with E-state index in [-0.39, 0.29) is 6.09 Å². The third-order valence-electron chi connectivity index (χ3n) is 4.19. The molecule has 1 aliphatic rings. The highest BCUT2D eigenvalue weighted by atomic mass is 32.1. The summed E-state index contributed by atoms with van der Waals surface area (Å²) in [6, 6.07) is 8.49. The standard InChI is InChI=1S/C19H25N3O2S/c1-19(2,3)24-18(23)22-10-7-14(8-11-22)15-5-4-6-16(13-15)21-17-20-9-12-25-17/h4-6,9,12-14H,7-8,10-11H2,1-3H3,(H,20,21). The minimum atomic E-state index is -0.441. The summed E-state index contributed by atoms with van der Waals surface area (Å²) in [5.41, 5.74) is 1.93. The van der Waals surface area contributed by atoms with Gasteiger partial charge in [0.1, 0.15) is 5.60 Å². The van der Waals surface area contributed by atoms with Crippen LogP contribution in [0.4, 0.5) is 15.6 Å². The number of anilines is 2. The number of carbonyl (C=O) groups is 1. The zero-order valence-electron chi connectivity index (χ0n) is 15.0. The molecule has 0 radical (unpaired) electrons. The first kappa shape index (κ1) is 17.7. The molecule has 0 bridgehead atoms. The fraction of sp³-hybridized carbons (Fsp3) is 0.474. The van der Waals surface area contributed by atoms with Gasteiger partial charge < -0.3 is 15.0 Å². The Morgan fingerprint density at radius 3 is 2.72 bits per heavy atom. The first-order valence-electron chi connectivity index (χ1n) is 8.65. The highest BCUT2D eigenvalue weighted by molar-refractivity contribution is 7.13. The van der Waals surface area contributed by atoms with Gasteiger partial charge in [0.15, 0.2) is 5.13 Å². The van der Waals surface area contributed by atoms with E-state index in [9.17, 15) is 4.79 Å². The molecule has 134 valence electrons. The third kappa shape index (κ3) is 4.95. The van der Waals surface area contributed by atoms with Crippen molar-refractivity contribution in [2.45, 2.75) is 45.1 Å². The fourth-order valence-corrected chi connectivity index (χ4v) is 3.55. The maximum atomic E-state index is 12.2. The number of piperidine rings is 1. The first-order valence-corrected chi connectivity index (χ1v) is 9.53. The summed E-state index contributed by atoms with van der Waals surface area (Å²) in [5.74, 6) is 0.469. The second-order valence-corrected chi connectivity index (χ2v) is 8.22.